The molecule has 0 saturated heterocycles. The summed E-state index contributed by atoms with van der Waals surface area (Å²) in [4.78, 5) is 11.9. The first kappa shape index (κ1) is 19.8. The van der Waals surface area contributed by atoms with E-state index in [2.05, 4.69) is 27.0 Å². The third-order valence-electron chi connectivity index (χ3n) is 3.69. The highest BCUT2D eigenvalue weighted by molar-refractivity contribution is 7.99. The molecule has 2 rings (SSSR count). The molecule has 0 aliphatic heterocycles. The number of hydrogen-bond acceptors (Lipinski definition) is 6. The molecule has 0 aliphatic carbocycles. The van der Waals surface area contributed by atoms with Crippen LogP contribution < -0.4 is 10.1 Å². The summed E-state index contributed by atoms with van der Waals surface area (Å²) in [7, 11) is 1.63. The zero-order valence-corrected chi connectivity index (χ0v) is 15.9. The second-order valence-electron chi connectivity index (χ2n) is 5.59. The summed E-state index contributed by atoms with van der Waals surface area (Å²) in [6.45, 7) is 3.30. The molecule has 0 bridgehead atoms. The number of amides is 1. The van der Waals surface area contributed by atoms with Gasteiger partial charge in [0.25, 0.3) is 0 Å². The van der Waals surface area contributed by atoms with E-state index >= 15 is 0 Å². The summed E-state index contributed by atoms with van der Waals surface area (Å²) in [5, 5.41) is 20.5. The third kappa shape index (κ3) is 5.49. The van der Waals surface area contributed by atoms with Gasteiger partial charge in [0.1, 0.15) is 5.75 Å². The van der Waals surface area contributed by atoms with Gasteiger partial charge in [-0.1, -0.05) is 25.1 Å². The molecule has 0 radical (unpaired) electrons. The SMILES string of the molecule is CCCCn1c(SCC(=O)NCCC#N)nnc1-c1ccc(OC)cc1. The molecule has 26 heavy (non-hydrogen) atoms. The Morgan fingerprint density at radius 3 is 2.77 bits per heavy atom. The normalized spacial score (nSPS) is 10.3. The van der Waals surface area contributed by atoms with Gasteiger partial charge < -0.3 is 14.6 Å². The van der Waals surface area contributed by atoms with Crippen LogP contribution in [0.15, 0.2) is 29.4 Å². The van der Waals surface area contributed by atoms with Crippen LogP contribution in [0.4, 0.5) is 0 Å². The molecule has 1 heterocycles. The van der Waals surface area contributed by atoms with E-state index in [1.54, 1.807) is 7.11 Å². The van der Waals surface area contributed by atoms with Crippen LogP contribution in [0, 0.1) is 11.3 Å². The number of nitrogens with zero attached hydrogens (tertiary/aromatic N) is 4. The van der Waals surface area contributed by atoms with Gasteiger partial charge in [0, 0.05) is 18.7 Å². The van der Waals surface area contributed by atoms with Crippen molar-refractivity contribution in [3.8, 4) is 23.2 Å². The number of thioether (sulfide) groups is 1. The molecular weight excluding hydrogens is 350 g/mol. The first-order chi connectivity index (χ1) is 12.7. The Balaban J connectivity index is 2.12. The van der Waals surface area contributed by atoms with E-state index in [0.717, 1.165) is 41.7 Å². The van der Waals surface area contributed by atoms with Gasteiger partial charge in [0.2, 0.25) is 5.91 Å². The minimum atomic E-state index is -0.110. The van der Waals surface area contributed by atoms with Crippen molar-refractivity contribution in [2.45, 2.75) is 37.9 Å². The first-order valence-electron chi connectivity index (χ1n) is 8.53. The molecule has 1 amide bonds. The molecule has 0 atom stereocenters. The fourth-order valence-electron chi connectivity index (χ4n) is 2.31. The van der Waals surface area contributed by atoms with Gasteiger partial charge in [-0.25, -0.2) is 0 Å². The number of aromatic nitrogens is 3. The molecule has 0 saturated carbocycles. The second kappa shape index (κ2) is 10.5. The molecule has 1 N–H and O–H groups in total. The molecule has 0 spiro atoms. The Kier molecular flexibility index (Phi) is 7.96. The molecular formula is C18H23N5O2S. The van der Waals surface area contributed by atoms with Gasteiger partial charge in [-0.15, -0.1) is 10.2 Å². The lowest BCUT2D eigenvalue weighted by molar-refractivity contribution is -0.118. The molecule has 1 aromatic heterocycles. The van der Waals surface area contributed by atoms with Crippen molar-refractivity contribution < 1.29 is 9.53 Å². The lowest BCUT2D eigenvalue weighted by Gasteiger charge is -2.10. The van der Waals surface area contributed by atoms with Crippen molar-refractivity contribution in [2.75, 3.05) is 19.4 Å². The summed E-state index contributed by atoms with van der Waals surface area (Å²) in [5.41, 5.74) is 0.958. The predicted molar refractivity (Wildman–Crippen MR) is 101 cm³/mol. The van der Waals surface area contributed by atoms with Crippen molar-refractivity contribution >= 4 is 17.7 Å². The van der Waals surface area contributed by atoms with Crippen LogP contribution >= 0.6 is 11.8 Å². The van der Waals surface area contributed by atoms with Crippen LogP contribution in [0.5, 0.6) is 5.75 Å². The average Bonchev–Trinajstić information content (AvgIpc) is 3.07. The van der Waals surface area contributed by atoms with Crippen molar-refractivity contribution in [1.82, 2.24) is 20.1 Å². The minimum Gasteiger partial charge on any atom is -0.497 e. The van der Waals surface area contributed by atoms with Crippen LogP contribution in [0.1, 0.15) is 26.2 Å². The van der Waals surface area contributed by atoms with Crippen molar-refractivity contribution in [2.24, 2.45) is 0 Å². The van der Waals surface area contributed by atoms with Crippen molar-refractivity contribution in [3.63, 3.8) is 0 Å². The fourth-order valence-corrected chi connectivity index (χ4v) is 3.10. The zero-order chi connectivity index (χ0) is 18.8. The monoisotopic (exact) mass is 373 g/mol. The molecule has 138 valence electrons. The molecule has 0 unspecified atom stereocenters. The summed E-state index contributed by atoms with van der Waals surface area (Å²) >= 11 is 1.36. The summed E-state index contributed by atoms with van der Waals surface area (Å²) in [6.07, 6.45) is 2.37. The Labute approximate surface area is 157 Å². The smallest absolute Gasteiger partial charge is 0.230 e. The van der Waals surface area contributed by atoms with Gasteiger partial charge in [-0.3, -0.25) is 4.79 Å². The van der Waals surface area contributed by atoms with E-state index < -0.39 is 0 Å². The number of benzene rings is 1. The lowest BCUT2D eigenvalue weighted by atomic mass is 10.2. The Morgan fingerprint density at radius 1 is 1.35 bits per heavy atom. The number of nitriles is 1. The van der Waals surface area contributed by atoms with Crippen LogP contribution in [-0.4, -0.2) is 40.1 Å². The summed E-state index contributed by atoms with van der Waals surface area (Å²) < 4.78 is 7.25. The van der Waals surface area contributed by atoms with E-state index in [-0.39, 0.29) is 11.7 Å². The summed E-state index contributed by atoms with van der Waals surface area (Å²) in [5.74, 6) is 1.71. The Hall–Kier alpha value is -2.53. The lowest BCUT2D eigenvalue weighted by Crippen LogP contribution is -2.26. The highest BCUT2D eigenvalue weighted by Gasteiger charge is 2.15. The van der Waals surface area contributed by atoms with E-state index in [0.29, 0.717) is 13.0 Å². The van der Waals surface area contributed by atoms with Crippen molar-refractivity contribution in [1.29, 1.82) is 5.26 Å². The standard InChI is InChI=1S/C18H23N5O2S/c1-3-4-12-23-17(14-6-8-15(25-2)9-7-14)21-22-18(23)26-13-16(24)20-11-5-10-19/h6-9H,3-5,11-13H2,1-2H3,(H,20,24). The van der Waals surface area contributed by atoms with E-state index in [9.17, 15) is 4.79 Å². The number of unbranched alkanes of at least 4 members (excludes halogenated alkanes) is 1. The first-order valence-corrected chi connectivity index (χ1v) is 9.52. The van der Waals surface area contributed by atoms with E-state index in [1.807, 2.05) is 30.3 Å². The van der Waals surface area contributed by atoms with Crippen LogP contribution in [0.2, 0.25) is 0 Å². The van der Waals surface area contributed by atoms with Gasteiger partial charge in [-0.2, -0.15) is 5.26 Å². The largest absolute Gasteiger partial charge is 0.497 e. The van der Waals surface area contributed by atoms with E-state index in [4.69, 9.17) is 10.00 Å². The molecule has 7 nitrogen and oxygen atoms in total. The number of methoxy groups -OCH3 is 1. The Bertz CT molecular complexity index is 752. The number of hydrogen-bond donors (Lipinski definition) is 1. The maximum absolute atomic E-state index is 11.9. The van der Waals surface area contributed by atoms with Gasteiger partial charge in [-0.05, 0) is 30.7 Å². The molecule has 8 heteroatoms. The molecule has 0 aliphatic rings. The zero-order valence-electron chi connectivity index (χ0n) is 15.1. The maximum Gasteiger partial charge on any atom is 0.230 e. The number of carbonyl (C=O) groups excluding carboxylic acids is 1. The quantitative estimate of drug-likeness (QED) is 0.508. The second-order valence-corrected chi connectivity index (χ2v) is 6.53. The Morgan fingerprint density at radius 2 is 2.12 bits per heavy atom. The maximum atomic E-state index is 11.9. The van der Waals surface area contributed by atoms with Crippen molar-refractivity contribution in [3.05, 3.63) is 24.3 Å². The highest BCUT2D eigenvalue weighted by atomic mass is 32.2. The fraction of sp³-hybridized carbons (Fsp3) is 0.444. The molecule has 0 fully saturated rings. The average molecular weight is 373 g/mol. The highest BCUT2D eigenvalue weighted by Crippen LogP contribution is 2.26. The van der Waals surface area contributed by atoms with Gasteiger partial charge in [0.15, 0.2) is 11.0 Å². The molecule has 2 aromatic rings. The van der Waals surface area contributed by atoms with Gasteiger partial charge >= 0.3 is 0 Å². The molecule has 1 aromatic carbocycles. The number of rotatable bonds is 10. The van der Waals surface area contributed by atoms with Crippen LogP contribution in [-0.2, 0) is 11.3 Å². The minimum absolute atomic E-state index is 0.110. The number of carbonyl (C=O) groups is 1. The summed E-state index contributed by atoms with van der Waals surface area (Å²) in [6, 6.07) is 9.69. The van der Waals surface area contributed by atoms with E-state index in [1.165, 1.54) is 11.8 Å². The predicted octanol–water partition coefficient (Wildman–Crippen LogP) is 2.88. The number of nitrogens with one attached hydrogen (secondary N) is 1. The van der Waals surface area contributed by atoms with Crippen LogP contribution in [0.3, 0.4) is 0 Å². The number of ether oxygens (including phenoxy) is 1. The topological polar surface area (TPSA) is 92.8 Å². The van der Waals surface area contributed by atoms with Gasteiger partial charge in [0.05, 0.1) is 25.4 Å². The third-order valence-corrected chi connectivity index (χ3v) is 4.66. The van der Waals surface area contributed by atoms with Crippen LogP contribution in [0.25, 0.3) is 11.4 Å².